The van der Waals surface area contributed by atoms with E-state index in [1.165, 1.54) is 12.7 Å². The largest absolute Gasteiger partial charge is 0.468 e. The van der Waals surface area contributed by atoms with Gasteiger partial charge in [0.15, 0.2) is 0 Å². The van der Waals surface area contributed by atoms with Crippen LogP contribution in [0.15, 0.2) is 29.4 Å². The fourth-order valence-electron chi connectivity index (χ4n) is 1.93. The van der Waals surface area contributed by atoms with Gasteiger partial charge in [-0.3, -0.25) is 0 Å². The number of methoxy groups -OCH3 is 1. The second-order valence-electron chi connectivity index (χ2n) is 5.74. The van der Waals surface area contributed by atoms with Crippen molar-refractivity contribution in [3.8, 4) is 0 Å². The van der Waals surface area contributed by atoms with Crippen molar-refractivity contribution in [3.63, 3.8) is 0 Å². The Morgan fingerprint density at radius 3 is 2.48 bits per heavy atom. The number of esters is 1. The maximum absolute atomic E-state index is 11.9. The van der Waals surface area contributed by atoms with Crippen LogP contribution in [0.2, 0.25) is 0 Å². The average Bonchev–Trinajstić information content (AvgIpc) is 2.46. The van der Waals surface area contributed by atoms with Crippen molar-refractivity contribution in [3.05, 3.63) is 45.8 Å². The Hall–Kier alpha value is -2.04. The molecule has 0 amide bonds. The third kappa shape index (κ3) is 5.10. The molecule has 0 aliphatic heterocycles. The lowest BCUT2D eigenvalue weighted by Gasteiger charge is -2.21. The number of nitrogens with one attached hydrogen (secondary N) is 1. The van der Waals surface area contributed by atoms with E-state index in [1.807, 2.05) is 24.3 Å². The summed E-state index contributed by atoms with van der Waals surface area (Å²) in [4.78, 5) is 14.5. The van der Waals surface area contributed by atoms with E-state index in [4.69, 9.17) is 10.3 Å². The molecule has 0 radical (unpaired) electrons. The summed E-state index contributed by atoms with van der Waals surface area (Å²) in [5, 5.41) is 6.48. The molecule has 6 nitrogen and oxygen atoms in total. The zero-order chi connectivity index (χ0) is 15.9. The van der Waals surface area contributed by atoms with Crippen LogP contribution in [-0.2, 0) is 14.9 Å². The number of nitrogens with zero attached hydrogens (tertiary/aromatic N) is 3. The lowest BCUT2D eigenvalue weighted by Crippen LogP contribution is -2.31. The molecule has 1 aromatic carbocycles. The first-order valence-electron chi connectivity index (χ1n) is 6.82. The van der Waals surface area contributed by atoms with Gasteiger partial charge in [-0.05, 0) is 22.1 Å². The van der Waals surface area contributed by atoms with Crippen molar-refractivity contribution in [2.24, 2.45) is 5.11 Å². The third-order valence-corrected chi connectivity index (χ3v) is 3.17. The van der Waals surface area contributed by atoms with E-state index in [2.05, 4.69) is 36.1 Å². The lowest BCUT2D eigenvalue weighted by atomic mass is 9.86. The first-order valence-corrected chi connectivity index (χ1v) is 6.82. The smallest absolute Gasteiger partial charge is 0.327 e. The SMILES string of the molecule is COC(=O)C(NCCN=[N+]=[N-])c1ccc(C(C)(C)C)cc1. The fraction of sp³-hybridized carbons (Fsp3) is 0.533. The van der Waals surface area contributed by atoms with Crippen molar-refractivity contribution in [1.82, 2.24) is 5.32 Å². The molecule has 114 valence electrons. The zero-order valence-corrected chi connectivity index (χ0v) is 13.0. The van der Waals surface area contributed by atoms with Crippen LogP contribution in [0.3, 0.4) is 0 Å². The Labute approximate surface area is 125 Å². The molecule has 1 aromatic rings. The summed E-state index contributed by atoms with van der Waals surface area (Å²) in [5.41, 5.74) is 10.3. The highest BCUT2D eigenvalue weighted by atomic mass is 16.5. The molecule has 21 heavy (non-hydrogen) atoms. The molecule has 6 heteroatoms. The highest BCUT2D eigenvalue weighted by molar-refractivity contribution is 5.77. The van der Waals surface area contributed by atoms with Crippen LogP contribution in [0.5, 0.6) is 0 Å². The van der Waals surface area contributed by atoms with Crippen LogP contribution in [0.1, 0.15) is 37.9 Å². The number of hydrogen-bond acceptors (Lipinski definition) is 4. The van der Waals surface area contributed by atoms with Crippen LogP contribution in [0.25, 0.3) is 10.4 Å². The summed E-state index contributed by atoms with van der Waals surface area (Å²) in [6.07, 6.45) is 0. The van der Waals surface area contributed by atoms with Gasteiger partial charge in [-0.2, -0.15) is 0 Å². The van der Waals surface area contributed by atoms with E-state index in [0.29, 0.717) is 6.54 Å². The molecule has 1 atom stereocenters. The van der Waals surface area contributed by atoms with Crippen LogP contribution < -0.4 is 5.32 Å². The monoisotopic (exact) mass is 290 g/mol. The minimum absolute atomic E-state index is 0.0637. The minimum atomic E-state index is -0.557. The lowest BCUT2D eigenvalue weighted by molar-refractivity contribution is -0.143. The molecule has 0 saturated heterocycles. The van der Waals surface area contributed by atoms with E-state index in [0.717, 1.165) is 5.56 Å². The van der Waals surface area contributed by atoms with Crippen molar-refractivity contribution >= 4 is 5.97 Å². The van der Waals surface area contributed by atoms with Gasteiger partial charge in [0, 0.05) is 18.0 Å². The van der Waals surface area contributed by atoms with Crippen LogP contribution in [-0.4, -0.2) is 26.2 Å². The summed E-state index contributed by atoms with van der Waals surface area (Å²) in [7, 11) is 1.36. The second-order valence-corrected chi connectivity index (χ2v) is 5.74. The zero-order valence-electron chi connectivity index (χ0n) is 13.0. The van der Waals surface area contributed by atoms with Crippen molar-refractivity contribution < 1.29 is 9.53 Å². The molecule has 0 aromatic heterocycles. The first-order chi connectivity index (χ1) is 9.90. The maximum Gasteiger partial charge on any atom is 0.327 e. The van der Waals surface area contributed by atoms with E-state index < -0.39 is 6.04 Å². The van der Waals surface area contributed by atoms with Crippen LogP contribution in [0.4, 0.5) is 0 Å². The molecule has 1 N–H and O–H groups in total. The summed E-state index contributed by atoms with van der Waals surface area (Å²) in [5.74, 6) is -0.362. The van der Waals surface area contributed by atoms with Gasteiger partial charge in [-0.1, -0.05) is 50.2 Å². The Morgan fingerprint density at radius 1 is 1.38 bits per heavy atom. The van der Waals surface area contributed by atoms with E-state index in [-0.39, 0.29) is 17.9 Å². The molecule has 0 saturated carbocycles. The number of azide groups is 1. The second kappa shape index (κ2) is 7.67. The van der Waals surface area contributed by atoms with Gasteiger partial charge >= 0.3 is 5.97 Å². The molecule has 0 heterocycles. The highest BCUT2D eigenvalue weighted by Gasteiger charge is 2.21. The van der Waals surface area contributed by atoms with E-state index in [9.17, 15) is 4.79 Å². The number of carbonyl (C=O) groups excluding carboxylic acids is 1. The van der Waals surface area contributed by atoms with Crippen molar-refractivity contribution in [2.45, 2.75) is 32.2 Å². The van der Waals surface area contributed by atoms with Gasteiger partial charge < -0.3 is 10.1 Å². The molecule has 0 aliphatic rings. The van der Waals surface area contributed by atoms with Gasteiger partial charge in [0.25, 0.3) is 0 Å². The summed E-state index contributed by atoms with van der Waals surface area (Å²) in [6.45, 7) is 7.10. The minimum Gasteiger partial charge on any atom is -0.468 e. The summed E-state index contributed by atoms with van der Waals surface area (Å²) in [6, 6.07) is 7.31. The van der Waals surface area contributed by atoms with Crippen LogP contribution >= 0.6 is 0 Å². The number of benzene rings is 1. The molecule has 0 aliphatic carbocycles. The molecule has 1 unspecified atom stereocenters. The Bertz CT molecular complexity index is 513. The average molecular weight is 290 g/mol. The van der Waals surface area contributed by atoms with Crippen molar-refractivity contribution in [2.75, 3.05) is 20.2 Å². The number of carbonyl (C=O) groups is 1. The molecule has 0 bridgehead atoms. The predicted octanol–water partition coefficient (Wildman–Crippen LogP) is 3.10. The van der Waals surface area contributed by atoms with E-state index >= 15 is 0 Å². The van der Waals surface area contributed by atoms with Gasteiger partial charge in [0.2, 0.25) is 0 Å². The Kier molecular flexibility index (Phi) is 6.21. The van der Waals surface area contributed by atoms with Gasteiger partial charge in [0.05, 0.1) is 7.11 Å². The summed E-state index contributed by atoms with van der Waals surface area (Å²) < 4.78 is 4.82. The maximum atomic E-state index is 11.9. The quantitative estimate of drug-likeness (QED) is 0.287. The third-order valence-electron chi connectivity index (χ3n) is 3.17. The van der Waals surface area contributed by atoms with Gasteiger partial charge in [0.1, 0.15) is 6.04 Å². The standard InChI is InChI=1S/C15H22N4O2/c1-15(2,3)12-7-5-11(6-8-12)13(14(20)21-4)17-9-10-18-19-16/h5-8,13,17H,9-10H2,1-4H3. The van der Waals surface area contributed by atoms with Gasteiger partial charge in [-0.25, -0.2) is 4.79 Å². The number of hydrogen-bond donors (Lipinski definition) is 1. The van der Waals surface area contributed by atoms with Crippen LogP contribution in [0, 0.1) is 0 Å². The number of ether oxygens (including phenoxy) is 1. The fourth-order valence-corrected chi connectivity index (χ4v) is 1.93. The Morgan fingerprint density at radius 2 is 2.00 bits per heavy atom. The predicted molar refractivity (Wildman–Crippen MR) is 81.9 cm³/mol. The highest BCUT2D eigenvalue weighted by Crippen LogP contribution is 2.24. The van der Waals surface area contributed by atoms with Gasteiger partial charge in [-0.15, -0.1) is 0 Å². The molecule has 0 spiro atoms. The topological polar surface area (TPSA) is 87.1 Å². The normalized spacial score (nSPS) is 12.4. The van der Waals surface area contributed by atoms with Crippen molar-refractivity contribution in [1.29, 1.82) is 0 Å². The molecular formula is C15H22N4O2. The Balaban J connectivity index is 2.87. The first kappa shape index (κ1) is 17.0. The molecule has 1 rings (SSSR count). The molecular weight excluding hydrogens is 268 g/mol. The van der Waals surface area contributed by atoms with E-state index in [1.54, 1.807) is 0 Å². The number of rotatable bonds is 6. The summed E-state index contributed by atoms with van der Waals surface area (Å²) >= 11 is 0. The molecule has 0 fully saturated rings.